The summed E-state index contributed by atoms with van der Waals surface area (Å²) < 4.78 is 0. The molecule has 1 saturated heterocycles. The molecular formula is C8H17NO2. The van der Waals surface area contributed by atoms with Crippen LogP contribution >= 0.6 is 0 Å². The minimum absolute atomic E-state index is 0.312. The Kier molecular flexibility index (Phi) is 2.52. The zero-order valence-electron chi connectivity index (χ0n) is 7.25. The lowest BCUT2D eigenvalue weighted by Gasteiger charge is -2.39. The van der Waals surface area contributed by atoms with Gasteiger partial charge in [0.1, 0.15) is 0 Å². The van der Waals surface area contributed by atoms with Crippen molar-refractivity contribution in [1.29, 1.82) is 0 Å². The standard InChI is InChI=1S/C8H17NO2/c1-8(7(10)11)4-3-5-9(2)6-8/h7,10-11H,3-6H2,1-2H3. The van der Waals surface area contributed by atoms with Gasteiger partial charge in [0.15, 0.2) is 6.29 Å². The number of piperidine rings is 1. The van der Waals surface area contributed by atoms with Crippen molar-refractivity contribution in [3.05, 3.63) is 0 Å². The summed E-state index contributed by atoms with van der Waals surface area (Å²) in [4.78, 5) is 2.14. The lowest BCUT2D eigenvalue weighted by molar-refractivity contribution is -0.147. The minimum atomic E-state index is -1.18. The zero-order valence-corrected chi connectivity index (χ0v) is 7.25. The Hall–Kier alpha value is -0.120. The summed E-state index contributed by atoms with van der Waals surface area (Å²) in [5.41, 5.74) is -0.312. The Bertz CT molecular complexity index is 138. The molecule has 0 amide bonds. The highest BCUT2D eigenvalue weighted by Crippen LogP contribution is 2.30. The average Bonchev–Trinajstić information content (AvgIpc) is 1.86. The third-order valence-corrected chi connectivity index (χ3v) is 2.54. The lowest BCUT2D eigenvalue weighted by atomic mass is 9.81. The largest absolute Gasteiger partial charge is 0.368 e. The van der Waals surface area contributed by atoms with Crippen LogP contribution in [0.2, 0.25) is 0 Å². The van der Waals surface area contributed by atoms with Crippen LogP contribution in [0.15, 0.2) is 0 Å². The van der Waals surface area contributed by atoms with Gasteiger partial charge in [-0.25, -0.2) is 0 Å². The van der Waals surface area contributed by atoms with Crippen molar-refractivity contribution < 1.29 is 10.2 Å². The van der Waals surface area contributed by atoms with Crippen LogP contribution < -0.4 is 0 Å². The molecule has 1 rings (SSSR count). The van der Waals surface area contributed by atoms with Crippen LogP contribution in [0.4, 0.5) is 0 Å². The highest BCUT2D eigenvalue weighted by atomic mass is 16.5. The van der Waals surface area contributed by atoms with Crippen LogP contribution in [0, 0.1) is 5.41 Å². The predicted octanol–water partition coefficient (Wildman–Crippen LogP) is 0.0290. The first-order valence-corrected chi connectivity index (χ1v) is 4.09. The van der Waals surface area contributed by atoms with Crippen LogP contribution in [0.5, 0.6) is 0 Å². The van der Waals surface area contributed by atoms with E-state index in [4.69, 9.17) is 10.2 Å². The van der Waals surface area contributed by atoms with Gasteiger partial charge in [-0.2, -0.15) is 0 Å². The molecule has 0 aromatic rings. The van der Waals surface area contributed by atoms with Crippen LogP contribution in [0.25, 0.3) is 0 Å². The molecule has 0 spiro atoms. The maximum atomic E-state index is 9.08. The van der Waals surface area contributed by atoms with E-state index in [0.717, 1.165) is 25.9 Å². The summed E-state index contributed by atoms with van der Waals surface area (Å²) >= 11 is 0. The number of aliphatic hydroxyl groups excluding tert-OH is 1. The number of hydrogen-bond acceptors (Lipinski definition) is 3. The quantitative estimate of drug-likeness (QED) is 0.530. The first-order valence-electron chi connectivity index (χ1n) is 4.09. The second-order valence-electron chi connectivity index (χ2n) is 3.87. The molecule has 11 heavy (non-hydrogen) atoms. The molecule has 3 nitrogen and oxygen atoms in total. The van der Waals surface area contributed by atoms with Gasteiger partial charge in [-0.15, -0.1) is 0 Å². The van der Waals surface area contributed by atoms with Gasteiger partial charge in [0, 0.05) is 12.0 Å². The molecule has 1 fully saturated rings. The van der Waals surface area contributed by atoms with E-state index in [1.807, 2.05) is 14.0 Å². The fourth-order valence-electron chi connectivity index (χ4n) is 1.74. The second-order valence-corrected chi connectivity index (χ2v) is 3.87. The first-order chi connectivity index (χ1) is 5.04. The Morgan fingerprint density at radius 2 is 2.09 bits per heavy atom. The number of rotatable bonds is 1. The van der Waals surface area contributed by atoms with E-state index < -0.39 is 6.29 Å². The molecule has 0 aromatic carbocycles. The van der Waals surface area contributed by atoms with Crippen LogP contribution in [-0.4, -0.2) is 41.5 Å². The zero-order chi connectivity index (χ0) is 8.48. The molecule has 1 heterocycles. The highest BCUT2D eigenvalue weighted by molar-refractivity contribution is 4.83. The van der Waals surface area contributed by atoms with Crippen molar-refractivity contribution in [3.8, 4) is 0 Å². The molecule has 66 valence electrons. The molecule has 1 aliphatic rings. The summed E-state index contributed by atoms with van der Waals surface area (Å²) in [5, 5.41) is 18.2. The van der Waals surface area contributed by atoms with E-state index >= 15 is 0 Å². The molecule has 0 aliphatic carbocycles. The van der Waals surface area contributed by atoms with Crippen molar-refractivity contribution in [2.24, 2.45) is 5.41 Å². The first kappa shape index (κ1) is 8.97. The molecule has 1 unspecified atom stereocenters. The Morgan fingerprint density at radius 3 is 2.45 bits per heavy atom. The molecule has 0 radical (unpaired) electrons. The summed E-state index contributed by atoms with van der Waals surface area (Å²) in [6, 6.07) is 0. The van der Waals surface area contributed by atoms with E-state index in [1.54, 1.807) is 0 Å². The molecule has 0 aromatic heterocycles. The van der Waals surface area contributed by atoms with Crippen LogP contribution in [0.3, 0.4) is 0 Å². The maximum Gasteiger partial charge on any atom is 0.158 e. The van der Waals surface area contributed by atoms with Crippen LogP contribution in [-0.2, 0) is 0 Å². The van der Waals surface area contributed by atoms with Crippen molar-refractivity contribution in [2.45, 2.75) is 26.1 Å². The van der Waals surface area contributed by atoms with Crippen molar-refractivity contribution in [3.63, 3.8) is 0 Å². The SMILES string of the molecule is CN1CCCC(C)(C(O)O)C1. The van der Waals surface area contributed by atoms with E-state index in [1.165, 1.54) is 0 Å². The van der Waals surface area contributed by atoms with Crippen LogP contribution in [0.1, 0.15) is 19.8 Å². The number of nitrogens with zero attached hydrogens (tertiary/aromatic N) is 1. The third-order valence-electron chi connectivity index (χ3n) is 2.54. The van der Waals surface area contributed by atoms with E-state index in [9.17, 15) is 0 Å². The molecule has 1 aliphatic heterocycles. The summed E-state index contributed by atoms with van der Waals surface area (Å²) in [6.07, 6.45) is 0.796. The van der Waals surface area contributed by atoms with Crippen molar-refractivity contribution >= 4 is 0 Å². The monoisotopic (exact) mass is 159 g/mol. The Morgan fingerprint density at radius 1 is 1.45 bits per heavy atom. The molecule has 0 bridgehead atoms. The number of aliphatic hydroxyl groups is 2. The average molecular weight is 159 g/mol. The van der Waals surface area contributed by atoms with Gasteiger partial charge in [-0.05, 0) is 26.4 Å². The van der Waals surface area contributed by atoms with E-state index in [0.29, 0.717) is 0 Å². The van der Waals surface area contributed by atoms with Gasteiger partial charge >= 0.3 is 0 Å². The number of hydrogen-bond donors (Lipinski definition) is 2. The summed E-state index contributed by atoms with van der Waals surface area (Å²) in [5.74, 6) is 0. The van der Waals surface area contributed by atoms with Gasteiger partial charge in [-0.3, -0.25) is 0 Å². The number of likely N-dealkylation sites (tertiary alicyclic amines) is 1. The fourth-order valence-corrected chi connectivity index (χ4v) is 1.74. The Balaban J connectivity index is 2.55. The normalized spacial score (nSPS) is 34.6. The smallest absolute Gasteiger partial charge is 0.158 e. The van der Waals surface area contributed by atoms with Gasteiger partial charge in [-0.1, -0.05) is 6.92 Å². The topological polar surface area (TPSA) is 43.7 Å². The van der Waals surface area contributed by atoms with Gasteiger partial charge in [0.2, 0.25) is 0 Å². The van der Waals surface area contributed by atoms with E-state index in [-0.39, 0.29) is 5.41 Å². The maximum absolute atomic E-state index is 9.08. The van der Waals surface area contributed by atoms with Gasteiger partial charge in [0.05, 0.1) is 0 Å². The predicted molar refractivity (Wildman–Crippen MR) is 43.1 cm³/mol. The summed E-state index contributed by atoms with van der Waals surface area (Å²) in [7, 11) is 2.01. The molecule has 3 heteroatoms. The van der Waals surface area contributed by atoms with Crippen molar-refractivity contribution in [2.75, 3.05) is 20.1 Å². The van der Waals surface area contributed by atoms with E-state index in [2.05, 4.69) is 4.90 Å². The van der Waals surface area contributed by atoms with Gasteiger partial charge in [0.25, 0.3) is 0 Å². The molecule has 1 atom stereocenters. The van der Waals surface area contributed by atoms with Gasteiger partial charge < -0.3 is 15.1 Å². The molecule has 0 saturated carbocycles. The second kappa shape index (κ2) is 3.09. The lowest BCUT2D eigenvalue weighted by Crippen LogP contribution is -2.46. The molecular weight excluding hydrogens is 142 g/mol. The Labute approximate surface area is 67.6 Å². The molecule has 2 N–H and O–H groups in total. The third kappa shape index (κ3) is 1.92. The fraction of sp³-hybridized carbons (Fsp3) is 1.00. The minimum Gasteiger partial charge on any atom is -0.368 e. The van der Waals surface area contributed by atoms with Crippen molar-refractivity contribution in [1.82, 2.24) is 4.90 Å². The summed E-state index contributed by atoms with van der Waals surface area (Å²) in [6.45, 7) is 3.78. The highest BCUT2D eigenvalue weighted by Gasteiger charge is 2.35.